The van der Waals surface area contributed by atoms with Crippen molar-refractivity contribution in [1.82, 2.24) is 9.88 Å². The monoisotopic (exact) mass is 427 g/mol. The van der Waals surface area contributed by atoms with E-state index >= 15 is 0 Å². The summed E-state index contributed by atoms with van der Waals surface area (Å²) in [5, 5.41) is 0. The molecule has 0 aliphatic carbocycles. The normalized spacial score (nSPS) is 13.3. The molecule has 0 bridgehead atoms. The zero-order chi connectivity index (χ0) is 22.2. The number of nitrogens with two attached hydrogens (primary N) is 1. The first-order chi connectivity index (χ1) is 14.7. The molecule has 0 saturated carbocycles. The first-order valence-corrected chi connectivity index (χ1v) is 9.23. The van der Waals surface area contributed by atoms with Crippen LogP contribution in [0.4, 0.5) is 13.2 Å². The number of rotatable bonds is 5. The minimum Gasteiger partial charge on any atom is -0.406 e. The van der Waals surface area contributed by atoms with Crippen LogP contribution in [0.25, 0.3) is 11.1 Å². The summed E-state index contributed by atoms with van der Waals surface area (Å²) in [6, 6.07) is 14.0. The Morgan fingerprint density at radius 3 is 2.52 bits per heavy atom. The van der Waals surface area contributed by atoms with Gasteiger partial charge in [-0.05, 0) is 41.5 Å². The smallest absolute Gasteiger partial charge is 0.406 e. The first kappa shape index (κ1) is 20.4. The molecule has 2 aromatic carbocycles. The molecule has 9 heteroatoms. The van der Waals surface area contributed by atoms with E-state index in [4.69, 9.17) is 5.73 Å². The van der Waals surface area contributed by atoms with Gasteiger partial charge in [0.05, 0.1) is 0 Å². The van der Waals surface area contributed by atoms with Crippen LogP contribution < -0.4 is 10.5 Å². The molecule has 2 amide bonds. The number of amides is 2. The highest BCUT2D eigenvalue weighted by Crippen LogP contribution is 2.29. The second-order valence-corrected chi connectivity index (χ2v) is 7.03. The zero-order valence-electron chi connectivity index (χ0n) is 16.0. The molecule has 31 heavy (non-hydrogen) atoms. The molecule has 1 aromatic heterocycles. The summed E-state index contributed by atoms with van der Waals surface area (Å²) >= 11 is 0. The van der Waals surface area contributed by atoms with Crippen molar-refractivity contribution in [2.24, 2.45) is 5.73 Å². The van der Waals surface area contributed by atoms with E-state index in [1.165, 1.54) is 24.3 Å². The molecule has 0 radical (unpaired) electrons. The van der Waals surface area contributed by atoms with Crippen molar-refractivity contribution in [3.8, 4) is 16.9 Å². The molecule has 4 rings (SSSR count). The molecule has 0 fully saturated rings. The fourth-order valence-corrected chi connectivity index (χ4v) is 3.41. The topological polar surface area (TPSA) is 85.5 Å². The third-order valence-electron chi connectivity index (χ3n) is 4.83. The lowest BCUT2D eigenvalue weighted by Gasteiger charge is -2.16. The number of pyridine rings is 1. The molecule has 3 aromatic rings. The third-order valence-corrected chi connectivity index (χ3v) is 4.83. The number of nitrogens with zero attached hydrogens (tertiary/aromatic N) is 2. The SMILES string of the molecule is NC(=O)c1cccc(-c2cnc3c(c2)CN(Cc2ccc(OC(F)(F)F)cc2)C3=O)c1. The third kappa shape index (κ3) is 4.50. The molecule has 0 spiro atoms. The molecule has 0 unspecified atom stereocenters. The summed E-state index contributed by atoms with van der Waals surface area (Å²) in [5.74, 6) is -1.12. The summed E-state index contributed by atoms with van der Waals surface area (Å²) in [6.45, 7) is 0.527. The van der Waals surface area contributed by atoms with Gasteiger partial charge in [0.2, 0.25) is 5.91 Å². The van der Waals surface area contributed by atoms with Crippen LogP contribution in [0, 0.1) is 0 Å². The lowest BCUT2D eigenvalue weighted by molar-refractivity contribution is -0.274. The highest BCUT2D eigenvalue weighted by Gasteiger charge is 2.31. The van der Waals surface area contributed by atoms with Gasteiger partial charge in [-0.15, -0.1) is 13.2 Å². The van der Waals surface area contributed by atoms with E-state index in [1.807, 2.05) is 12.1 Å². The first-order valence-electron chi connectivity index (χ1n) is 9.23. The van der Waals surface area contributed by atoms with Gasteiger partial charge in [-0.25, -0.2) is 0 Å². The largest absolute Gasteiger partial charge is 0.573 e. The number of primary amides is 1. The number of carbonyl (C=O) groups excluding carboxylic acids is 2. The molecular weight excluding hydrogens is 411 g/mol. The van der Waals surface area contributed by atoms with Crippen molar-refractivity contribution in [1.29, 1.82) is 0 Å². The number of halogens is 3. The molecule has 2 N–H and O–H groups in total. The van der Waals surface area contributed by atoms with Crippen LogP contribution in [0.3, 0.4) is 0 Å². The zero-order valence-corrected chi connectivity index (χ0v) is 16.0. The number of hydrogen-bond donors (Lipinski definition) is 1. The van der Waals surface area contributed by atoms with Gasteiger partial charge >= 0.3 is 6.36 Å². The van der Waals surface area contributed by atoms with Gasteiger partial charge in [-0.2, -0.15) is 0 Å². The van der Waals surface area contributed by atoms with Crippen molar-refractivity contribution in [3.63, 3.8) is 0 Å². The maximum Gasteiger partial charge on any atom is 0.573 e. The minimum atomic E-state index is -4.76. The maximum absolute atomic E-state index is 12.7. The van der Waals surface area contributed by atoms with Gasteiger partial charge in [0.25, 0.3) is 5.91 Å². The Morgan fingerprint density at radius 1 is 1.10 bits per heavy atom. The minimum absolute atomic E-state index is 0.216. The van der Waals surface area contributed by atoms with E-state index in [0.717, 1.165) is 16.7 Å². The number of carbonyl (C=O) groups is 2. The van der Waals surface area contributed by atoms with E-state index in [2.05, 4.69) is 9.72 Å². The standard InChI is InChI=1S/C22H16F3N3O3/c23-22(24,25)31-18-6-4-13(5-7-18)11-28-12-17-9-16(10-27-19(17)21(28)30)14-2-1-3-15(8-14)20(26)29/h1-10H,11-12H2,(H2,26,29). The predicted octanol–water partition coefficient (Wildman–Crippen LogP) is 3.90. The van der Waals surface area contributed by atoms with E-state index in [1.54, 1.807) is 29.3 Å². The fraction of sp³-hybridized carbons (Fsp3) is 0.136. The van der Waals surface area contributed by atoms with Crippen molar-refractivity contribution in [3.05, 3.63) is 83.2 Å². The van der Waals surface area contributed by atoms with Crippen molar-refractivity contribution < 1.29 is 27.5 Å². The van der Waals surface area contributed by atoms with Crippen LogP contribution in [-0.2, 0) is 13.1 Å². The van der Waals surface area contributed by atoms with Gasteiger partial charge in [-0.3, -0.25) is 14.6 Å². The molecule has 1 aliphatic rings. The van der Waals surface area contributed by atoms with Crippen LogP contribution in [0.2, 0.25) is 0 Å². The Kier molecular flexibility index (Phi) is 5.10. The number of fused-ring (bicyclic) bond motifs is 1. The van der Waals surface area contributed by atoms with Gasteiger partial charge in [0.15, 0.2) is 0 Å². The van der Waals surface area contributed by atoms with Gasteiger partial charge in [0.1, 0.15) is 11.4 Å². The molecular formula is C22H16F3N3O3. The second kappa shape index (κ2) is 7.75. The average Bonchev–Trinajstić information content (AvgIpc) is 3.03. The number of alkyl halides is 3. The van der Waals surface area contributed by atoms with Crippen LogP contribution in [-0.4, -0.2) is 28.1 Å². The van der Waals surface area contributed by atoms with Crippen LogP contribution >= 0.6 is 0 Å². The number of benzene rings is 2. The van der Waals surface area contributed by atoms with E-state index in [0.29, 0.717) is 23.4 Å². The molecule has 2 heterocycles. The van der Waals surface area contributed by atoms with E-state index in [-0.39, 0.29) is 18.2 Å². The summed E-state index contributed by atoms with van der Waals surface area (Å²) in [5.41, 5.74) is 8.90. The number of hydrogen-bond acceptors (Lipinski definition) is 4. The lowest BCUT2D eigenvalue weighted by Crippen LogP contribution is -2.23. The summed E-state index contributed by atoms with van der Waals surface area (Å²) in [6.07, 6.45) is -3.20. The van der Waals surface area contributed by atoms with Gasteiger partial charge in [-0.1, -0.05) is 24.3 Å². The van der Waals surface area contributed by atoms with Crippen LogP contribution in [0.5, 0.6) is 5.75 Å². The average molecular weight is 427 g/mol. The summed E-state index contributed by atoms with van der Waals surface area (Å²) < 4.78 is 40.7. The molecule has 1 aliphatic heterocycles. The second-order valence-electron chi connectivity index (χ2n) is 7.03. The molecule has 0 saturated heterocycles. The van der Waals surface area contributed by atoms with Crippen LogP contribution in [0.1, 0.15) is 32.0 Å². The van der Waals surface area contributed by atoms with Gasteiger partial charge in [0, 0.05) is 36.0 Å². The maximum atomic E-state index is 12.7. The highest BCUT2D eigenvalue weighted by molar-refractivity contribution is 5.97. The van der Waals surface area contributed by atoms with Crippen LogP contribution in [0.15, 0.2) is 60.8 Å². The van der Waals surface area contributed by atoms with Crippen molar-refractivity contribution >= 4 is 11.8 Å². The lowest BCUT2D eigenvalue weighted by atomic mass is 10.0. The van der Waals surface area contributed by atoms with E-state index in [9.17, 15) is 22.8 Å². The highest BCUT2D eigenvalue weighted by atomic mass is 19.4. The Morgan fingerprint density at radius 2 is 1.84 bits per heavy atom. The Labute approximate surface area is 175 Å². The Balaban J connectivity index is 1.51. The predicted molar refractivity (Wildman–Crippen MR) is 105 cm³/mol. The van der Waals surface area contributed by atoms with Crippen molar-refractivity contribution in [2.45, 2.75) is 19.5 Å². The van der Waals surface area contributed by atoms with Crippen molar-refractivity contribution in [2.75, 3.05) is 0 Å². The fourth-order valence-electron chi connectivity index (χ4n) is 3.41. The number of ether oxygens (including phenoxy) is 1. The Bertz CT molecular complexity index is 1160. The summed E-state index contributed by atoms with van der Waals surface area (Å²) in [7, 11) is 0. The molecule has 0 atom stereocenters. The quantitative estimate of drug-likeness (QED) is 0.669. The van der Waals surface area contributed by atoms with Gasteiger partial charge < -0.3 is 15.4 Å². The number of aromatic nitrogens is 1. The van der Waals surface area contributed by atoms with E-state index < -0.39 is 12.3 Å². The molecule has 6 nitrogen and oxygen atoms in total. The Hall–Kier alpha value is -3.88. The summed E-state index contributed by atoms with van der Waals surface area (Å²) in [4.78, 5) is 29.9. The molecule has 158 valence electrons.